The lowest BCUT2D eigenvalue weighted by Crippen LogP contribution is -2.43. The van der Waals surface area contributed by atoms with Gasteiger partial charge in [-0.25, -0.2) is 0 Å². The minimum Gasteiger partial charge on any atom is -0.493 e. The van der Waals surface area contributed by atoms with Crippen LogP contribution in [0.25, 0.3) is 0 Å². The molecule has 8 nitrogen and oxygen atoms in total. The minimum absolute atomic E-state index is 0.282. The number of amides is 1. The van der Waals surface area contributed by atoms with E-state index in [9.17, 15) is 4.79 Å². The molecule has 0 radical (unpaired) electrons. The van der Waals surface area contributed by atoms with Gasteiger partial charge in [-0.2, -0.15) is 0 Å². The van der Waals surface area contributed by atoms with Crippen molar-refractivity contribution in [2.45, 2.75) is 131 Å². The fourth-order valence-electron chi connectivity index (χ4n) is 6.01. The number of benzene rings is 1. The fraction of sp³-hybridized carbons (Fsp3) is 0.711. The quantitative estimate of drug-likeness (QED) is 0.120. The minimum atomic E-state index is -0.833. The Balaban J connectivity index is 0.00000173. The summed E-state index contributed by atoms with van der Waals surface area (Å²) in [5.41, 5.74) is 5.00. The number of carboxylic acids is 1. The number of aryl methyl sites for hydroxylation is 1. The second-order valence-electron chi connectivity index (χ2n) is 13.2. The number of aliphatic carboxylic acids is 1. The highest BCUT2D eigenvalue weighted by Crippen LogP contribution is 2.40. The molecule has 0 aromatic heterocycles. The molecule has 2 aliphatic rings. The number of ether oxygens (including phenoxy) is 2. The number of hydrogen-bond acceptors (Lipinski definition) is 6. The first-order valence-corrected chi connectivity index (χ1v) is 17.8. The zero-order chi connectivity index (χ0) is 34.1. The lowest BCUT2D eigenvalue weighted by Gasteiger charge is -2.28. The molecule has 0 bridgehead atoms. The molecule has 1 heterocycles. The van der Waals surface area contributed by atoms with Gasteiger partial charge in [0.15, 0.2) is 11.5 Å². The van der Waals surface area contributed by atoms with Gasteiger partial charge in [0.05, 0.1) is 20.3 Å². The lowest BCUT2D eigenvalue weighted by molar-refractivity contribution is -0.134. The van der Waals surface area contributed by atoms with Crippen molar-refractivity contribution in [2.75, 3.05) is 39.9 Å². The third-order valence-electron chi connectivity index (χ3n) is 9.03. The largest absolute Gasteiger partial charge is 0.493 e. The predicted molar refractivity (Wildman–Crippen MR) is 189 cm³/mol. The Labute approximate surface area is 279 Å². The molecule has 1 aromatic carbocycles. The Bertz CT molecular complexity index is 1130. The van der Waals surface area contributed by atoms with Gasteiger partial charge < -0.3 is 19.5 Å². The first-order chi connectivity index (χ1) is 22.0. The molecule has 1 aromatic rings. The topological polar surface area (TPSA) is 91.7 Å². The molecule has 46 heavy (non-hydrogen) atoms. The number of allylic oxidation sites excluding steroid dienone is 1. The number of carbonyl (C=O) groups is 2. The molecule has 1 aliphatic carbocycles. The van der Waals surface area contributed by atoms with Crippen LogP contribution >= 0.6 is 0 Å². The van der Waals surface area contributed by atoms with Gasteiger partial charge >= 0.3 is 0 Å². The zero-order valence-electron chi connectivity index (χ0n) is 30.2. The number of unbranched alkanes of at least 4 members (excludes halogenated alkanes) is 3. The molecule has 0 spiro atoms. The van der Waals surface area contributed by atoms with Crippen LogP contribution in [-0.2, 0) is 9.59 Å². The molecule has 2 fully saturated rings. The summed E-state index contributed by atoms with van der Waals surface area (Å²) in [7, 11) is 1.73. The summed E-state index contributed by atoms with van der Waals surface area (Å²) in [5.74, 6) is 2.24. The molecule has 1 aliphatic heterocycles. The highest BCUT2D eigenvalue weighted by molar-refractivity contribution is 5.82. The second-order valence-corrected chi connectivity index (χ2v) is 13.2. The standard InChI is InChI=1S/C36H59N3O3.C2H4O2/c1-8-11-18-38(19-12-9-2)35(40)26-39-25-32(22-33(39)17-14-29(6)37-24-28(5)30-15-16-30)31-21-27(4)36(34(23-31)41-7)42-20-13-10-3;1-2(3)4/h21,23-24,30,32-33H,8-20,22,25-26H2,1-7H3;1H3,(H,3,4)/b28-24-,37-29?;/t32?,33-;/m0./s1. The summed E-state index contributed by atoms with van der Waals surface area (Å²) in [6.45, 7) is 18.0. The molecule has 1 N–H and O–H groups in total. The SMILES string of the molecule is CC(=O)O.CCCCOc1c(C)cc(C2C[C@H](CCC(C)=N/C=C(/C)C3CC3)N(CC(=O)N(CCCC)CCCC)C2)cc1OC. The van der Waals surface area contributed by atoms with Crippen molar-refractivity contribution >= 4 is 17.6 Å². The number of carboxylic acid groups (broad SMARTS) is 1. The van der Waals surface area contributed by atoms with E-state index in [1.165, 1.54) is 29.7 Å². The van der Waals surface area contributed by atoms with Gasteiger partial charge in [0.1, 0.15) is 0 Å². The van der Waals surface area contributed by atoms with Crippen molar-refractivity contribution < 1.29 is 24.2 Å². The summed E-state index contributed by atoms with van der Waals surface area (Å²) in [6, 6.07) is 4.81. The van der Waals surface area contributed by atoms with E-state index in [4.69, 9.17) is 24.4 Å². The van der Waals surface area contributed by atoms with E-state index >= 15 is 0 Å². The van der Waals surface area contributed by atoms with Crippen LogP contribution in [0.15, 0.2) is 28.9 Å². The van der Waals surface area contributed by atoms with E-state index in [0.29, 0.717) is 25.1 Å². The molecule has 3 rings (SSSR count). The Kier molecular flexibility index (Phi) is 18.0. The monoisotopic (exact) mass is 641 g/mol. The average Bonchev–Trinajstić information content (AvgIpc) is 3.80. The summed E-state index contributed by atoms with van der Waals surface area (Å²) in [4.78, 5) is 32.0. The van der Waals surface area contributed by atoms with E-state index in [2.05, 4.69) is 69.7 Å². The summed E-state index contributed by atoms with van der Waals surface area (Å²) in [5, 5.41) is 7.42. The maximum Gasteiger partial charge on any atom is 0.300 e. The summed E-state index contributed by atoms with van der Waals surface area (Å²) in [6.07, 6.45) is 14.2. The van der Waals surface area contributed by atoms with Gasteiger partial charge in [0.2, 0.25) is 5.91 Å². The number of carbonyl (C=O) groups excluding carboxylic acids is 1. The van der Waals surface area contributed by atoms with Crippen LogP contribution in [0.3, 0.4) is 0 Å². The molecular weight excluding hydrogens is 578 g/mol. The highest BCUT2D eigenvalue weighted by atomic mass is 16.5. The van der Waals surface area contributed by atoms with Crippen molar-refractivity contribution in [3.63, 3.8) is 0 Å². The van der Waals surface area contributed by atoms with Crippen molar-refractivity contribution in [1.82, 2.24) is 9.80 Å². The molecule has 2 atom stereocenters. The Morgan fingerprint density at radius 3 is 2.24 bits per heavy atom. The number of methoxy groups -OCH3 is 1. The lowest BCUT2D eigenvalue weighted by atomic mass is 9.93. The molecule has 1 unspecified atom stereocenters. The van der Waals surface area contributed by atoms with Crippen LogP contribution in [0.5, 0.6) is 11.5 Å². The van der Waals surface area contributed by atoms with Gasteiger partial charge in [0.25, 0.3) is 5.97 Å². The van der Waals surface area contributed by atoms with E-state index in [-0.39, 0.29) is 5.91 Å². The first-order valence-electron chi connectivity index (χ1n) is 17.8. The Hall–Kier alpha value is -2.87. The summed E-state index contributed by atoms with van der Waals surface area (Å²) < 4.78 is 11.9. The summed E-state index contributed by atoms with van der Waals surface area (Å²) >= 11 is 0. The van der Waals surface area contributed by atoms with Crippen LogP contribution in [0.1, 0.15) is 129 Å². The van der Waals surface area contributed by atoms with Gasteiger partial charge in [0, 0.05) is 44.5 Å². The zero-order valence-corrected chi connectivity index (χ0v) is 30.2. The van der Waals surface area contributed by atoms with Crippen LogP contribution < -0.4 is 9.47 Å². The molecule has 8 heteroatoms. The average molecular weight is 642 g/mol. The second kappa shape index (κ2) is 21.1. The number of rotatable bonds is 19. The molecule has 1 saturated heterocycles. The fourth-order valence-corrected chi connectivity index (χ4v) is 6.01. The van der Waals surface area contributed by atoms with Gasteiger partial charge in [-0.05, 0) is 101 Å². The van der Waals surface area contributed by atoms with Gasteiger partial charge in [-0.1, -0.05) is 51.7 Å². The number of hydrogen-bond donors (Lipinski definition) is 1. The van der Waals surface area contributed by atoms with Crippen molar-refractivity contribution in [2.24, 2.45) is 10.9 Å². The first kappa shape index (κ1) is 39.3. The van der Waals surface area contributed by atoms with Gasteiger partial charge in [-0.3, -0.25) is 19.5 Å². The van der Waals surface area contributed by atoms with Crippen LogP contribution in [0.4, 0.5) is 0 Å². The number of nitrogens with zero attached hydrogens (tertiary/aromatic N) is 3. The van der Waals surface area contributed by atoms with Crippen LogP contribution in [0, 0.1) is 12.8 Å². The maximum absolute atomic E-state index is 13.6. The number of aliphatic imine (C=N–C) groups is 1. The van der Waals surface area contributed by atoms with E-state index in [1.807, 2.05) is 0 Å². The molecule has 1 saturated carbocycles. The van der Waals surface area contributed by atoms with Crippen molar-refractivity contribution in [3.8, 4) is 11.5 Å². The third kappa shape index (κ3) is 13.9. The predicted octanol–water partition coefficient (Wildman–Crippen LogP) is 8.42. The van der Waals surface area contributed by atoms with Crippen LogP contribution in [0.2, 0.25) is 0 Å². The maximum atomic E-state index is 13.6. The van der Waals surface area contributed by atoms with Crippen molar-refractivity contribution in [1.29, 1.82) is 0 Å². The van der Waals surface area contributed by atoms with Gasteiger partial charge in [-0.15, -0.1) is 0 Å². The van der Waals surface area contributed by atoms with Crippen molar-refractivity contribution in [3.05, 3.63) is 35.0 Å². The Morgan fingerprint density at radius 1 is 1.04 bits per heavy atom. The van der Waals surface area contributed by atoms with E-state index < -0.39 is 5.97 Å². The Morgan fingerprint density at radius 2 is 1.67 bits per heavy atom. The van der Waals surface area contributed by atoms with E-state index in [0.717, 1.165) is 107 Å². The molecular formula is C38H63N3O5. The van der Waals surface area contributed by atoms with Crippen LogP contribution in [-0.4, -0.2) is 78.4 Å². The van der Waals surface area contributed by atoms with E-state index in [1.54, 1.807) is 7.11 Å². The smallest absolute Gasteiger partial charge is 0.300 e. The molecule has 1 amide bonds. The molecule has 260 valence electrons. The third-order valence-corrected chi connectivity index (χ3v) is 9.03. The normalized spacial score (nSPS) is 18.6. The highest BCUT2D eigenvalue weighted by Gasteiger charge is 2.35. The number of likely N-dealkylation sites (tertiary alicyclic amines) is 1.